The van der Waals surface area contributed by atoms with E-state index < -0.39 is 0 Å². The van der Waals surface area contributed by atoms with Crippen molar-refractivity contribution in [1.29, 1.82) is 0 Å². The van der Waals surface area contributed by atoms with Crippen molar-refractivity contribution >= 4 is 33.5 Å². The lowest BCUT2D eigenvalue weighted by Crippen LogP contribution is -2.25. The molecule has 0 unspecified atom stereocenters. The van der Waals surface area contributed by atoms with Gasteiger partial charge >= 0.3 is 0 Å². The van der Waals surface area contributed by atoms with Crippen molar-refractivity contribution < 1.29 is 14.3 Å². The third-order valence-electron chi connectivity index (χ3n) is 5.90. The van der Waals surface area contributed by atoms with Crippen LogP contribution in [0.4, 0.5) is 5.69 Å². The highest BCUT2D eigenvalue weighted by Gasteiger charge is 2.18. The van der Waals surface area contributed by atoms with Crippen molar-refractivity contribution in [2.45, 2.75) is 13.1 Å². The van der Waals surface area contributed by atoms with E-state index in [1.807, 2.05) is 54.6 Å². The third kappa shape index (κ3) is 4.21. The van der Waals surface area contributed by atoms with Crippen LogP contribution >= 0.6 is 0 Å². The van der Waals surface area contributed by atoms with E-state index in [2.05, 4.69) is 10.3 Å². The molecule has 35 heavy (non-hydrogen) atoms. The molecule has 2 aromatic heterocycles. The fraction of sp³-hybridized carbons (Fsp3) is 0.148. The summed E-state index contributed by atoms with van der Waals surface area (Å²) in [6.07, 6.45) is 1.57. The monoisotopic (exact) mass is 468 g/mol. The number of carbonyl (C=O) groups excluding carboxylic acids is 1. The maximum absolute atomic E-state index is 13.6. The van der Waals surface area contributed by atoms with Crippen LogP contribution in [-0.2, 0) is 17.9 Å². The standard InChI is InChI=1S/C27H24N4O4/c1-34-22-13-12-19(14-23(22)35-2)29-24(32)16-31-21-11-7-6-10-20(21)25-26(31)27(33)30(17-28-25)15-18-8-4-3-5-9-18/h3-14,17H,15-16H2,1-2H3,(H,29,32). The van der Waals surface area contributed by atoms with E-state index in [-0.39, 0.29) is 18.0 Å². The van der Waals surface area contributed by atoms with E-state index in [9.17, 15) is 9.59 Å². The molecular weight excluding hydrogens is 444 g/mol. The van der Waals surface area contributed by atoms with Gasteiger partial charge in [-0.1, -0.05) is 48.5 Å². The van der Waals surface area contributed by atoms with Crippen molar-refractivity contribution in [3.63, 3.8) is 0 Å². The number of fused-ring (bicyclic) bond motifs is 3. The zero-order valence-electron chi connectivity index (χ0n) is 19.4. The van der Waals surface area contributed by atoms with Crippen molar-refractivity contribution in [3.05, 3.63) is 95.0 Å². The van der Waals surface area contributed by atoms with Crippen molar-refractivity contribution in [2.75, 3.05) is 19.5 Å². The first kappa shape index (κ1) is 22.2. The average molecular weight is 469 g/mol. The number of hydrogen-bond acceptors (Lipinski definition) is 5. The minimum atomic E-state index is -0.280. The molecule has 0 saturated heterocycles. The molecule has 8 nitrogen and oxygen atoms in total. The molecule has 0 fully saturated rings. The largest absolute Gasteiger partial charge is 0.493 e. The number of rotatable bonds is 7. The Hall–Kier alpha value is -4.59. The minimum absolute atomic E-state index is 0.0510. The van der Waals surface area contributed by atoms with Gasteiger partial charge in [-0.3, -0.25) is 14.2 Å². The van der Waals surface area contributed by atoms with Crippen LogP contribution in [0.5, 0.6) is 11.5 Å². The van der Waals surface area contributed by atoms with Gasteiger partial charge in [0.25, 0.3) is 5.56 Å². The molecule has 3 aromatic carbocycles. The molecule has 176 valence electrons. The van der Waals surface area contributed by atoms with Crippen LogP contribution in [0.25, 0.3) is 21.9 Å². The number of methoxy groups -OCH3 is 2. The third-order valence-corrected chi connectivity index (χ3v) is 5.90. The molecule has 0 aliphatic rings. The van der Waals surface area contributed by atoms with Gasteiger partial charge in [0, 0.05) is 17.1 Å². The van der Waals surface area contributed by atoms with Crippen molar-refractivity contribution in [1.82, 2.24) is 14.1 Å². The Morgan fingerprint density at radius 2 is 1.69 bits per heavy atom. The second-order valence-corrected chi connectivity index (χ2v) is 8.08. The van der Waals surface area contributed by atoms with Gasteiger partial charge in [-0.15, -0.1) is 0 Å². The van der Waals surface area contributed by atoms with Crippen LogP contribution < -0.4 is 20.3 Å². The number of nitrogens with one attached hydrogen (secondary N) is 1. The highest BCUT2D eigenvalue weighted by Crippen LogP contribution is 2.30. The van der Waals surface area contributed by atoms with Gasteiger partial charge in [-0.25, -0.2) is 4.98 Å². The molecule has 1 amide bonds. The SMILES string of the molecule is COc1ccc(NC(=O)Cn2c3ccccc3c3ncn(Cc4ccccc4)c(=O)c32)cc1OC. The van der Waals surface area contributed by atoms with Crippen LogP contribution in [-0.4, -0.2) is 34.2 Å². The number of benzene rings is 3. The average Bonchev–Trinajstić information content (AvgIpc) is 3.20. The van der Waals surface area contributed by atoms with Gasteiger partial charge in [-0.2, -0.15) is 0 Å². The molecule has 0 atom stereocenters. The fourth-order valence-electron chi connectivity index (χ4n) is 4.26. The summed E-state index contributed by atoms with van der Waals surface area (Å²) in [5.74, 6) is 0.797. The van der Waals surface area contributed by atoms with Gasteiger partial charge < -0.3 is 19.4 Å². The van der Waals surface area contributed by atoms with Crippen LogP contribution in [0.1, 0.15) is 5.56 Å². The van der Waals surface area contributed by atoms with E-state index in [1.165, 1.54) is 7.11 Å². The molecule has 0 spiro atoms. The zero-order chi connectivity index (χ0) is 24.4. The highest BCUT2D eigenvalue weighted by atomic mass is 16.5. The van der Waals surface area contributed by atoms with Gasteiger partial charge in [0.15, 0.2) is 11.5 Å². The number of nitrogens with zero attached hydrogens (tertiary/aromatic N) is 3. The van der Waals surface area contributed by atoms with Gasteiger partial charge in [-0.05, 0) is 23.8 Å². The zero-order valence-corrected chi connectivity index (χ0v) is 19.4. The summed E-state index contributed by atoms with van der Waals surface area (Å²) in [5, 5.41) is 3.71. The molecule has 5 aromatic rings. The highest BCUT2D eigenvalue weighted by molar-refractivity contribution is 6.06. The molecular formula is C27H24N4O4. The Morgan fingerprint density at radius 1 is 0.943 bits per heavy atom. The van der Waals surface area contributed by atoms with Gasteiger partial charge in [0.1, 0.15) is 17.6 Å². The van der Waals surface area contributed by atoms with Crippen LogP contribution in [0.2, 0.25) is 0 Å². The Balaban J connectivity index is 1.53. The van der Waals surface area contributed by atoms with E-state index in [0.717, 1.165) is 16.5 Å². The molecule has 8 heteroatoms. The van der Waals surface area contributed by atoms with Crippen molar-refractivity contribution in [2.24, 2.45) is 0 Å². The maximum atomic E-state index is 13.6. The molecule has 0 bridgehead atoms. The quantitative estimate of drug-likeness (QED) is 0.389. The van der Waals surface area contributed by atoms with E-state index >= 15 is 0 Å². The van der Waals surface area contributed by atoms with Crippen LogP contribution in [0, 0.1) is 0 Å². The Bertz CT molecular complexity index is 1590. The summed E-state index contributed by atoms with van der Waals surface area (Å²) in [7, 11) is 3.09. The first-order valence-electron chi connectivity index (χ1n) is 11.1. The lowest BCUT2D eigenvalue weighted by molar-refractivity contribution is -0.116. The number of para-hydroxylation sites is 1. The number of amides is 1. The summed E-state index contributed by atoms with van der Waals surface area (Å²) in [6, 6.07) is 22.4. The first-order valence-corrected chi connectivity index (χ1v) is 11.1. The minimum Gasteiger partial charge on any atom is -0.493 e. The van der Waals surface area contributed by atoms with Crippen LogP contribution in [0.15, 0.2) is 83.9 Å². The number of hydrogen-bond donors (Lipinski definition) is 1. The van der Waals surface area contributed by atoms with E-state index in [4.69, 9.17) is 9.47 Å². The summed E-state index contributed by atoms with van der Waals surface area (Å²) in [4.78, 5) is 31.2. The second-order valence-electron chi connectivity index (χ2n) is 8.08. The summed E-state index contributed by atoms with van der Waals surface area (Å²) in [5.41, 5.74) is 3.10. The molecule has 0 aliphatic heterocycles. The van der Waals surface area contributed by atoms with Crippen LogP contribution in [0.3, 0.4) is 0 Å². The van der Waals surface area contributed by atoms with E-state index in [1.54, 1.807) is 40.8 Å². The predicted octanol–water partition coefficient (Wildman–Crippen LogP) is 4.06. The Morgan fingerprint density at radius 3 is 2.46 bits per heavy atom. The number of anilines is 1. The number of aromatic nitrogens is 3. The maximum Gasteiger partial charge on any atom is 0.278 e. The molecule has 1 N–H and O–H groups in total. The molecule has 0 aliphatic carbocycles. The summed E-state index contributed by atoms with van der Waals surface area (Å²) in [6.45, 7) is 0.340. The Kier molecular flexibility index (Phi) is 5.93. The van der Waals surface area contributed by atoms with E-state index in [0.29, 0.717) is 34.8 Å². The first-order chi connectivity index (χ1) is 17.1. The molecule has 2 heterocycles. The normalized spacial score (nSPS) is 11.0. The number of carbonyl (C=O) groups is 1. The fourth-order valence-corrected chi connectivity index (χ4v) is 4.26. The van der Waals surface area contributed by atoms with Crippen molar-refractivity contribution in [3.8, 4) is 11.5 Å². The molecule has 5 rings (SSSR count). The molecule has 0 saturated carbocycles. The topological polar surface area (TPSA) is 87.4 Å². The van der Waals surface area contributed by atoms with Gasteiger partial charge in [0.2, 0.25) is 5.91 Å². The predicted molar refractivity (Wildman–Crippen MR) is 135 cm³/mol. The lowest BCUT2D eigenvalue weighted by atomic mass is 10.2. The molecule has 0 radical (unpaired) electrons. The second kappa shape index (κ2) is 9.34. The smallest absolute Gasteiger partial charge is 0.278 e. The summed E-state index contributed by atoms with van der Waals surface area (Å²) < 4.78 is 13.9. The number of ether oxygens (including phenoxy) is 2. The summed E-state index contributed by atoms with van der Waals surface area (Å²) >= 11 is 0. The Labute approximate surface area is 201 Å². The lowest BCUT2D eigenvalue weighted by Gasteiger charge is -2.12. The van der Waals surface area contributed by atoms with Gasteiger partial charge in [0.05, 0.1) is 32.6 Å².